The van der Waals surface area contributed by atoms with Crippen LogP contribution in [0.1, 0.15) is 0 Å². The summed E-state index contributed by atoms with van der Waals surface area (Å²) >= 11 is 0. The van der Waals surface area contributed by atoms with Crippen LogP contribution in [0.4, 0.5) is 4.39 Å². The Labute approximate surface area is 91.8 Å². The van der Waals surface area contributed by atoms with E-state index in [0.29, 0.717) is 0 Å². The zero-order valence-corrected chi connectivity index (χ0v) is 9.39. The topological polar surface area (TPSA) is 78.9 Å². The molecule has 0 aromatic rings. The molecule has 6 nitrogen and oxygen atoms in total. The van der Waals surface area contributed by atoms with Gasteiger partial charge in [-0.2, -0.15) is 0 Å². The molecule has 0 N–H and O–H groups in total. The van der Waals surface area contributed by atoms with Crippen molar-refractivity contribution in [1.29, 1.82) is 0 Å². The lowest BCUT2D eigenvalue weighted by molar-refractivity contribution is -0.173. The van der Waals surface area contributed by atoms with Crippen molar-refractivity contribution >= 4 is 32.9 Å². The molecule has 0 fully saturated rings. The molecule has 1 atom stereocenters. The van der Waals surface area contributed by atoms with E-state index in [9.17, 15) is 18.2 Å². The highest BCUT2D eigenvalue weighted by molar-refractivity contribution is 8.04. The number of ether oxygens (including phenoxy) is 2. The predicted octanol–water partition coefficient (Wildman–Crippen LogP) is -0.125. The monoisotopic (exact) mass is 262 g/mol. The summed E-state index contributed by atoms with van der Waals surface area (Å²) in [6.07, 6.45) is 0. The molecule has 0 spiro atoms. The first-order valence-corrected chi connectivity index (χ1v) is 5.35. The first-order chi connectivity index (χ1) is 6.88. The molecule has 0 aromatic carbocycles. The highest BCUT2D eigenvalue weighted by atomic mass is 35.7. The summed E-state index contributed by atoms with van der Waals surface area (Å²) in [6.45, 7) is -1.15. The van der Waals surface area contributed by atoms with Crippen LogP contribution in [0.15, 0.2) is 0 Å². The minimum Gasteiger partial charge on any atom is -0.466 e. The third kappa shape index (κ3) is 3.73. The van der Waals surface area contributed by atoms with E-state index in [1.165, 1.54) is 0 Å². The van der Waals surface area contributed by atoms with Gasteiger partial charge in [0, 0.05) is 10.7 Å². The molecule has 1 unspecified atom stereocenters. The van der Waals surface area contributed by atoms with Crippen LogP contribution in [-0.4, -0.2) is 42.6 Å². The van der Waals surface area contributed by atoms with Crippen LogP contribution in [0.3, 0.4) is 0 Å². The summed E-state index contributed by atoms with van der Waals surface area (Å²) in [7, 11) is 4.27. The number of halogens is 2. The van der Waals surface area contributed by atoms with Gasteiger partial charge in [0.05, 0.1) is 14.2 Å². The molecule has 0 saturated carbocycles. The average molecular weight is 263 g/mol. The molecule has 0 aliphatic heterocycles. The zero-order chi connectivity index (χ0) is 12.1. The molecule has 0 amide bonds. The Hall–Kier alpha value is -0.730. The van der Waals surface area contributed by atoms with Gasteiger partial charge >= 0.3 is 17.6 Å². The van der Waals surface area contributed by atoms with Crippen LogP contribution < -0.4 is 0 Å². The summed E-state index contributed by atoms with van der Waals surface area (Å²) in [5.41, 5.74) is -3.17. The summed E-state index contributed by atoms with van der Waals surface area (Å²) in [5.74, 6) is -3.03. The quantitative estimate of drug-likeness (QED) is 0.390. The van der Waals surface area contributed by atoms with E-state index in [2.05, 4.69) is 13.7 Å². The lowest BCUT2D eigenvalue weighted by Crippen LogP contribution is -2.48. The number of esters is 2. The van der Waals surface area contributed by atoms with Gasteiger partial charge in [-0.3, -0.25) is 4.18 Å². The molecule has 0 aromatic heterocycles. The number of carbonyl (C=O) groups is 2. The molecule has 0 heterocycles. The summed E-state index contributed by atoms with van der Waals surface area (Å²) < 4.78 is 36.2. The standard InChI is InChI=1S/C6H8ClFO6S/c1-12-4(9)6(8,5(10)13-2)3-14-15(7)11/h3H2,1-2H3. The Kier molecular flexibility index (Phi) is 5.69. The van der Waals surface area contributed by atoms with E-state index in [1.54, 1.807) is 0 Å². The van der Waals surface area contributed by atoms with Crippen molar-refractivity contribution in [3.05, 3.63) is 0 Å². The average Bonchev–Trinajstić information content (AvgIpc) is 2.23. The number of rotatable bonds is 5. The lowest BCUT2D eigenvalue weighted by atomic mass is 10.1. The van der Waals surface area contributed by atoms with Crippen LogP contribution in [0, 0.1) is 0 Å². The van der Waals surface area contributed by atoms with Gasteiger partial charge < -0.3 is 9.47 Å². The Morgan fingerprint density at radius 2 is 1.73 bits per heavy atom. The molecule has 0 radical (unpaired) electrons. The highest BCUT2D eigenvalue weighted by Gasteiger charge is 2.50. The third-order valence-electron chi connectivity index (χ3n) is 1.37. The van der Waals surface area contributed by atoms with Crippen molar-refractivity contribution in [1.82, 2.24) is 0 Å². The second-order valence-electron chi connectivity index (χ2n) is 2.24. The van der Waals surface area contributed by atoms with Crippen molar-refractivity contribution in [3.8, 4) is 0 Å². The van der Waals surface area contributed by atoms with E-state index in [1.807, 2.05) is 0 Å². The maximum Gasteiger partial charge on any atom is 0.358 e. The van der Waals surface area contributed by atoms with Gasteiger partial charge in [0.15, 0.2) is 0 Å². The fourth-order valence-corrected chi connectivity index (χ4v) is 1.04. The van der Waals surface area contributed by atoms with Crippen molar-refractivity contribution < 1.29 is 31.8 Å². The molecule has 88 valence electrons. The Balaban J connectivity index is 4.77. The smallest absolute Gasteiger partial charge is 0.358 e. The summed E-state index contributed by atoms with van der Waals surface area (Å²) in [4.78, 5) is 21.9. The number of alkyl halides is 1. The second-order valence-corrected chi connectivity index (χ2v) is 3.62. The lowest BCUT2D eigenvalue weighted by Gasteiger charge is -2.18. The number of hydrogen-bond acceptors (Lipinski definition) is 6. The number of carbonyl (C=O) groups excluding carboxylic acids is 2. The molecule has 9 heteroatoms. The first-order valence-electron chi connectivity index (χ1n) is 3.45. The van der Waals surface area contributed by atoms with Crippen LogP contribution in [0.25, 0.3) is 0 Å². The Morgan fingerprint density at radius 3 is 2.00 bits per heavy atom. The van der Waals surface area contributed by atoms with Gasteiger partial charge in [0.1, 0.15) is 6.61 Å². The molecular formula is C6H8ClFO6S. The van der Waals surface area contributed by atoms with Crippen LogP contribution in [-0.2, 0) is 33.5 Å². The van der Waals surface area contributed by atoms with E-state index in [-0.39, 0.29) is 0 Å². The third-order valence-corrected chi connectivity index (χ3v) is 1.94. The molecule has 0 bridgehead atoms. The van der Waals surface area contributed by atoms with Crippen LogP contribution in [0.2, 0.25) is 0 Å². The van der Waals surface area contributed by atoms with Crippen molar-refractivity contribution in [2.75, 3.05) is 20.8 Å². The van der Waals surface area contributed by atoms with E-state index in [4.69, 9.17) is 10.7 Å². The highest BCUT2D eigenvalue weighted by Crippen LogP contribution is 2.17. The first kappa shape index (κ1) is 14.3. The predicted molar refractivity (Wildman–Crippen MR) is 47.8 cm³/mol. The Morgan fingerprint density at radius 1 is 1.33 bits per heavy atom. The Bertz CT molecular complexity index is 267. The normalized spacial score (nSPS) is 13.1. The fourth-order valence-electron chi connectivity index (χ4n) is 0.652. The fraction of sp³-hybridized carbons (Fsp3) is 0.667. The van der Waals surface area contributed by atoms with Crippen LogP contribution in [0.5, 0.6) is 0 Å². The zero-order valence-electron chi connectivity index (χ0n) is 7.82. The van der Waals surface area contributed by atoms with Gasteiger partial charge in [0.2, 0.25) is 0 Å². The van der Waals surface area contributed by atoms with E-state index < -0.39 is 34.5 Å². The van der Waals surface area contributed by atoms with Gasteiger partial charge in [-0.25, -0.2) is 18.2 Å². The van der Waals surface area contributed by atoms with Gasteiger partial charge in [-0.05, 0) is 0 Å². The molecule has 0 rings (SSSR count). The summed E-state index contributed by atoms with van der Waals surface area (Å²) in [6, 6.07) is 0. The maximum atomic E-state index is 13.7. The van der Waals surface area contributed by atoms with Crippen LogP contribution >= 0.6 is 10.7 Å². The molecule has 0 aliphatic carbocycles. The number of hydrogen-bond donors (Lipinski definition) is 0. The van der Waals surface area contributed by atoms with Gasteiger partial charge in [0.25, 0.3) is 10.3 Å². The van der Waals surface area contributed by atoms with Crippen molar-refractivity contribution in [2.45, 2.75) is 5.67 Å². The van der Waals surface area contributed by atoms with Gasteiger partial charge in [-0.1, -0.05) is 0 Å². The van der Waals surface area contributed by atoms with E-state index >= 15 is 0 Å². The summed E-state index contributed by atoms with van der Waals surface area (Å²) in [5, 5.41) is 0. The van der Waals surface area contributed by atoms with Gasteiger partial charge in [-0.15, -0.1) is 0 Å². The molecule has 15 heavy (non-hydrogen) atoms. The minimum absolute atomic E-state index is 0.872. The minimum atomic E-state index is -3.17. The molecular weight excluding hydrogens is 255 g/mol. The molecule has 0 saturated heterocycles. The van der Waals surface area contributed by atoms with Crippen molar-refractivity contribution in [3.63, 3.8) is 0 Å². The SMILES string of the molecule is COC(=O)C(F)(COS(=O)Cl)C(=O)OC. The van der Waals surface area contributed by atoms with Crippen molar-refractivity contribution in [2.24, 2.45) is 0 Å². The number of methoxy groups -OCH3 is 2. The largest absolute Gasteiger partial charge is 0.466 e. The maximum absolute atomic E-state index is 13.7. The molecule has 0 aliphatic rings. The second kappa shape index (κ2) is 5.99. The van der Waals surface area contributed by atoms with E-state index in [0.717, 1.165) is 14.2 Å².